The van der Waals surface area contributed by atoms with Crippen molar-refractivity contribution in [1.29, 1.82) is 0 Å². The van der Waals surface area contributed by atoms with Crippen molar-refractivity contribution < 1.29 is 13.9 Å². The molecule has 0 aliphatic carbocycles. The fraction of sp³-hybridized carbons (Fsp3) is 0.316. The van der Waals surface area contributed by atoms with Crippen LogP contribution in [0.1, 0.15) is 24.3 Å². The van der Waals surface area contributed by atoms with Crippen LogP contribution in [0.3, 0.4) is 0 Å². The lowest BCUT2D eigenvalue weighted by atomic mass is 9.89. The first kappa shape index (κ1) is 15.5. The molecular weight excluding hydrogens is 293 g/mol. The topological polar surface area (TPSA) is 29.5 Å². The zero-order valence-electron chi connectivity index (χ0n) is 13.0. The van der Waals surface area contributed by atoms with E-state index in [-0.39, 0.29) is 18.3 Å². The number of piperidine rings is 1. The van der Waals surface area contributed by atoms with E-state index >= 15 is 0 Å². The van der Waals surface area contributed by atoms with E-state index in [1.54, 1.807) is 0 Å². The van der Waals surface area contributed by atoms with Gasteiger partial charge in [-0.1, -0.05) is 30.3 Å². The molecule has 23 heavy (non-hydrogen) atoms. The predicted octanol–water partition coefficient (Wildman–Crippen LogP) is 3.61. The third-order valence-electron chi connectivity index (χ3n) is 4.29. The lowest BCUT2D eigenvalue weighted by Gasteiger charge is -2.32. The number of nitrogens with zero attached hydrogens (tertiary/aromatic N) is 1. The Morgan fingerprint density at radius 1 is 1.04 bits per heavy atom. The van der Waals surface area contributed by atoms with Gasteiger partial charge in [0.2, 0.25) is 0 Å². The highest BCUT2D eigenvalue weighted by molar-refractivity contribution is 5.77. The van der Waals surface area contributed by atoms with Gasteiger partial charge in [-0.3, -0.25) is 4.79 Å². The van der Waals surface area contributed by atoms with E-state index in [1.165, 1.54) is 29.8 Å². The van der Waals surface area contributed by atoms with Crippen LogP contribution in [-0.4, -0.2) is 30.5 Å². The standard InChI is InChI=1S/C19H20FNO2/c20-17-6-8-18(9-7-17)23-14-19(22)21-12-10-16(11-13-21)15-4-2-1-3-5-15/h1-9,16H,10-14H2. The van der Waals surface area contributed by atoms with Crippen LogP contribution in [0.15, 0.2) is 54.6 Å². The highest BCUT2D eigenvalue weighted by Gasteiger charge is 2.23. The van der Waals surface area contributed by atoms with Crippen LogP contribution in [-0.2, 0) is 4.79 Å². The van der Waals surface area contributed by atoms with Gasteiger partial charge in [-0.25, -0.2) is 4.39 Å². The Morgan fingerprint density at radius 2 is 1.70 bits per heavy atom. The van der Waals surface area contributed by atoms with Gasteiger partial charge in [-0.2, -0.15) is 0 Å². The van der Waals surface area contributed by atoms with Gasteiger partial charge in [0.05, 0.1) is 0 Å². The second kappa shape index (κ2) is 7.27. The molecular formula is C19H20FNO2. The summed E-state index contributed by atoms with van der Waals surface area (Å²) in [5.41, 5.74) is 1.35. The third kappa shape index (κ3) is 4.09. The molecule has 2 aromatic carbocycles. The van der Waals surface area contributed by atoms with Crippen LogP contribution in [0.5, 0.6) is 5.75 Å². The van der Waals surface area contributed by atoms with Crippen molar-refractivity contribution >= 4 is 5.91 Å². The Labute approximate surface area is 135 Å². The minimum atomic E-state index is -0.313. The Balaban J connectivity index is 1.47. The number of rotatable bonds is 4. The Kier molecular flexibility index (Phi) is 4.91. The minimum absolute atomic E-state index is 0.00162. The molecule has 4 heteroatoms. The molecule has 3 nitrogen and oxygen atoms in total. The molecule has 2 aromatic rings. The summed E-state index contributed by atoms with van der Waals surface area (Å²) in [7, 11) is 0. The van der Waals surface area contributed by atoms with Crippen LogP contribution < -0.4 is 4.74 Å². The molecule has 1 saturated heterocycles. The summed E-state index contributed by atoms with van der Waals surface area (Å²) in [6, 6.07) is 16.2. The van der Waals surface area contributed by atoms with Crippen LogP contribution >= 0.6 is 0 Å². The molecule has 120 valence electrons. The van der Waals surface area contributed by atoms with E-state index in [2.05, 4.69) is 24.3 Å². The van der Waals surface area contributed by atoms with Crippen LogP contribution in [0, 0.1) is 5.82 Å². The van der Waals surface area contributed by atoms with Crippen LogP contribution in [0.4, 0.5) is 4.39 Å². The van der Waals surface area contributed by atoms with Gasteiger partial charge in [0.15, 0.2) is 6.61 Å². The van der Waals surface area contributed by atoms with E-state index in [1.807, 2.05) is 11.0 Å². The lowest BCUT2D eigenvalue weighted by molar-refractivity contribution is -0.134. The number of hydrogen-bond acceptors (Lipinski definition) is 2. The summed E-state index contributed by atoms with van der Waals surface area (Å²) >= 11 is 0. The normalized spacial score (nSPS) is 15.4. The maximum Gasteiger partial charge on any atom is 0.260 e. The van der Waals surface area contributed by atoms with Crippen LogP contribution in [0.25, 0.3) is 0 Å². The summed E-state index contributed by atoms with van der Waals surface area (Å²) in [6.45, 7) is 1.51. The molecule has 1 fully saturated rings. The molecule has 0 saturated carbocycles. The Bertz CT molecular complexity index is 634. The molecule has 0 bridgehead atoms. The molecule has 0 atom stereocenters. The molecule has 1 aliphatic heterocycles. The zero-order valence-corrected chi connectivity index (χ0v) is 13.0. The molecule has 1 heterocycles. The average Bonchev–Trinajstić information content (AvgIpc) is 2.62. The highest BCUT2D eigenvalue weighted by atomic mass is 19.1. The second-order valence-corrected chi connectivity index (χ2v) is 5.81. The fourth-order valence-electron chi connectivity index (χ4n) is 2.95. The van der Waals surface area contributed by atoms with Crippen molar-refractivity contribution in [2.45, 2.75) is 18.8 Å². The van der Waals surface area contributed by atoms with Crippen molar-refractivity contribution in [2.75, 3.05) is 19.7 Å². The Hall–Kier alpha value is -2.36. The number of halogens is 1. The zero-order chi connectivity index (χ0) is 16.1. The van der Waals surface area contributed by atoms with Gasteiger partial charge in [0.25, 0.3) is 5.91 Å². The number of ether oxygens (including phenoxy) is 1. The molecule has 1 aliphatic rings. The number of benzene rings is 2. The fourth-order valence-corrected chi connectivity index (χ4v) is 2.95. The molecule has 0 N–H and O–H groups in total. The van der Waals surface area contributed by atoms with E-state index in [4.69, 9.17) is 4.74 Å². The molecule has 3 rings (SSSR count). The molecule has 0 unspecified atom stereocenters. The van der Waals surface area contributed by atoms with Gasteiger partial charge >= 0.3 is 0 Å². The van der Waals surface area contributed by atoms with Crippen molar-refractivity contribution in [3.8, 4) is 5.75 Å². The quantitative estimate of drug-likeness (QED) is 0.863. The molecule has 0 radical (unpaired) electrons. The SMILES string of the molecule is O=C(COc1ccc(F)cc1)N1CCC(c2ccccc2)CC1. The molecule has 1 amide bonds. The van der Waals surface area contributed by atoms with E-state index in [9.17, 15) is 9.18 Å². The number of carbonyl (C=O) groups excluding carboxylic acids is 1. The smallest absolute Gasteiger partial charge is 0.260 e. The number of carbonyl (C=O) groups is 1. The maximum atomic E-state index is 12.8. The lowest BCUT2D eigenvalue weighted by Crippen LogP contribution is -2.40. The largest absolute Gasteiger partial charge is 0.484 e. The van der Waals surface area contributed by atoms with Crippen LogP contribution in [0.2, 0.25) is 0 Å². The first-order valence-electron chi connectivity index (χ1n) is 7.93. The van der Waals surface area contributed by atoms with E-state index in [0.717, 1.165) is 25.9 Å². The van der Waals surface area contributed by atoms with Gasteiger partial charge in [-0.05, 0) is 48.6 Å². The Morgan fingerprint density at radius 3 is 2.35 bits per heavy atom. The second-order valence-electron chi connectivity index (χ2n) is 5.81. The summed E-state index contributed by atoms with van der Waals surface area (Å²) < 4.78 is 18.3. The highest BCUT2D eigenvalue weighted by Crippen LogP contribution is 2.27. The van der Waals surface area contributed by atoms with Crippen molar-refractivity contribution in [3.05, 3.63) is 66.0 Å². The number of hydrogen-bond donors (Lipinski definition) is 0. The van der Waals surface area contributed by atoms with Gasteiger partial charge in [-0.15, -0.1) is 0 Å². The molecule has 0 spiro atoms. The van der Waals surface area contributed by atoms with Crippen molar-refractivity contribution in [1.82, 2.24) is 4.90 Å². The van der Waals surface area contributed by atoms with Gasteiger partial charge in [0.1, 0.15) is 11.6 Å². The van der Waals surface area contributed by atoms with E-state index < -0.39 is 0 Å². The van der Waals surface area contributed by atoms with Crippen molar-refractivity contribution in [3.63, 3.8) is 0 Å². The first-order valence-corrected chi connectivity index (χ1v) is 7.93. The van der Waals surface area contributed by atoms with Crippen molar-refractivity contribution in [2.24, 2.45) is 0 Å². The number of amides is 1. The summed E-state index contributed by atoms with van der Waals surface area (Å²) in [5.74, 6) is 0.713. The van der Waals surface area contributed by atoms with Gasteiger partial charge < -0.3 is 9.64 Å². The third-order valence-corrected chi connectivity index (χ3v) is 4.29. The van der Waals surface area contributed by atoms with E-state index in [0.29, 0.717) is 11.7 Å². The summed E-state index contributed by atoms with van der Waals surface area (Å²) in [5, 5.41) is 0. The summed E-state index contributed by atoms with van der Waals surface area (Å²) in [6.07, 6.45) is 1.96. The first-order chi connectivity index (χ1) is 11.2. The molecule has 0 aromatic heterocycles. The minimum Gasteiger partial charge on any atom is -0.484 e. The maximum absolute atomic E-state index is 12.8. The average molecular weight is 313 g/mol. The number of likely N-dealkylation sites (tertiary alicyclic amines) is 1. The monoisotopic (exact) mass is 313 g/mol. The predicted molar refractivity (Wildman–Crippen MR) is 86.9 cm³/mol. The van der Waals surface area contributed by atoms with Gasteiger partial charge in [0, 0.05) is 13.1 Å². The summed E-state index contributed by atoms with van der Waals surface area (Å²) in [4.78, 5) is 14.1.